The summed E-state index contributed by atoms with van der Waals surface area (Å²) in [6.07, 6.45) is 0.568. The van der Waals surface area contributed by atoms with E-state index in [2.05, 4.69) is 0 Å². The number of carbonyl (C=O) groups is 1. The SMILES string of the molecule is Nc1cccc(CCC(=O)c2c(O)cc(O)cc2O)c1. The van der Waals surface area contributed by atoms with Gasteiger partial charge in [-0.15, -0.1) is 0 Å². The Morgan fingerprint density at radius 1 is 1.05 bits per heavy atom. The average molecular weight is 273 g/mol. The predicted molar refractivity (Wildman–Crippen MR) is 74.9 cm³/mol. The summed E-state index contributed by atoms with van der Waals surface area (Å²) in [6.45, 7) is 0. The van der Waals surface area contributed by atoms with Gasteiger partial charge in [0, 0.05) is 24.2 Å². The Balaban J connectivity index is 2.13. The molecular weight excluding hydrogens is 258 g/mol. The molecule has 0 aliphatic carbocycles. The molecule has 0 fully saturated rings. The molecule has 0 unspecified atom stereocenters. The molecule has 0 atom stereocenters. The van der Waals surface area contributed by atoms with Gasteiger partial charge in [-0.05, 0) is 24.1 Å². The second-order valence-electron chi connectivity index (χ2n) is 4.53. The largest absolute Gasteiger partial charge is 0.508 e. The highest BCUT2D eigenvalue weighted by molar-refractivity contribution is 6.01. The van der Waals surface area contributed by atoms with Gasteiger partial charge < -0.3 is 21.1 Å². The maximum Gasteiger partial charge on any atom is 0.170 e. The number of nitrogen functional groups attached to an aromatic ring is 1. The van der Waals surface area contributed by atoms with Crippen LogP contribution < -0.4 is 5.73 Å². The number of anilines is 1. The molecule has 5 nitrogen and oxygen atoms in total. The highest BCUT2D eigenvalue weighted by Gasteiger charge is 2.17. The van der Waals surface area contributed by atoms with Crippen LogP contribution in [0.25, 0.3) is 0 Å². The first kappa shape index (κ1) is 13.7. The lowest BCUT2D eigenvalue weighted by molar-refractivity contribution is 0.0977. The van der Waals surface area contributed by atoms with E-state index in [1.165, 1.54) is 0 Å². The summed E-state index contributed by atoms with van der Waals surface area (Å²) < 4.78 is 0. The molecule has 0 spiro atoms. The van der Waals surface area contributed by atoms with Gasteiger partial charge in [0.2, 0.25) is 0 Å². The van der Waals surface area contributed by atoms with E-state index in [0.717, 1.165) is 17.7 Å². The van der Waals surface area contributed by atoms with Crippen LogP contribution in [0.15, 0.2) is 36.4 Å². The second kappa shape index (κ2) is 5.52. The van der Waals surface area contributed by atoms with Crippen molar-refractivity contribution in [3.05, 3.63) is 47.5 Å². The van der Waals surface area contributed by atoms with E-state index in [1.807, 2.05) is 6.07 Å². The zero-order valence-electron chi connectivity index (χ0n) is 10.7. The van der Waals surface area contributed by atoms with E-state index >= 15 is 0 Å². The van der Waals surface area contributed by atoms with Gasteiger partial charge in [0.05, 0.1) is 0 Å². The number of aryl methyl sites for hydroxylation is 1. The fraction of sp³-hybridized carbons (Fsp3) is 0.133. The molecule has 0 saturated carbocycles. The molecular formula is C15H15NO4. The van der Waals surface area contributed by atoms with Gasteiger partial charge >= 0.3 is 0 Å². The Hall–Kier alpha value is -2.69. The minimum atomic E-state index is -0.430. The molecule has 0 saturated heterocycles. The molecule has 2 rings (SSSR count). The van der Waals surface area contributed by atoms with Crippen LogP contribution in [0.2, 0.25) is 0 Å². The molecule has 2 aromatic carbocycles. The molecule has 2 aromatic rings. The van der Waals surface area contributed by atoms with Crippen LogP contribution >= 0.6 is 0 Å². The number of phenols is 3. The molecule has 104 valence electrons. The smallest absolute Gasteiger partial charge is 0.170 e. The Morgan fingerprint density at radius 2 is 1.70 bits per heavy atom. The first-order chi connectivity index (χ1) is 9.47. The van der Waals surface area contributed by atoms with Crippen molar-refractivity contribution in [1.82, 2.24) is 0 Å². The van der Waals surface area contributed by atoms with Gasteiger partial charge in [-0.3, -0.25) is 4.79 Å². The van der Waals surface area contributed by atoms with Gasteiger partial charge in [-0.2, -0.15) is 0 Å². The van der Waals surface area contributed by atoms with E-state index in [-0.39, 0.29) is 17.7 Å². The van der Waals surface area contributed by atoms with Crippen LogP contribution in [0, 0.1) is 0 Å². The molecule has 0 bridgehead atoms. The third-order valence-electron chi connectivity index (χ3n) is 2.95. The third-order valence-corrected chi connectivity index (χ3v) is 2.95. The lowest BCUT2D eigenvalue weighted by atomic mass is 10.0. The minimum Gasteiger partial charge on any atom is -0.508 e. The maximum atomic E-state index is 12.0. The number of hydrogen-bond donors (Lipinski definition) is 4. The van der Waals surface area contributed by atoms with Crippen molar-refractivity contribution in [1.29, 1.82) is 0 Å². The van der Waals surface area contributed by atoms with Crippen molar-refractivity contribution in [3.63, 3.8) is 0 Å². The standard InChI is InChI=1S/C15H15NO4/c16-10-3-1-2-9(6-10)4-5-12(18)15-13(19)7-11(17)8-14(15)20/h1-3,6-8,17,19-20H,4-5,16H2. The molecule has 5 heteroatoms. The highest BCUT2D eigenvalue weighted by Crippen LogP contribution is 2.33. The van der Waals surface area contributed by atoms with Gasteiger partial charge in [0.1, 0.15) is 22.8 Å². The van der Waals surface area contributed by atoms with Crippen molar-refractivity contribution in [2.45, 2.75) is 12.8 Å². The molecule has 0 aliphatic rings. The van der Waals surface area contributed by atoms with E-state index in [1.54, 1.807) is 18.2 Å². The summed E-state index contributed by atoms with van der Waals surface area (Å²) in [5, 5.41) is 28.4. The van der Waals surface area contributed by atoms with Crippen LogP contribution in [-0.4, -0.2) is 21.1 Å². The van der Waals surface area contributed by atoms with Crippen molar-refractivity contribution in [3.8, 4) is 17.2 Å². The van der Waals surface area contributed by atoms with E-state index < -0.39 is 17.3 Å². The number of Topliss-reactive ketones (excluding diaryl/α,β-unsaturated/α-hetero) is 1. The van der Waals surface area contributed by atoms with Crippen molar-refractivity contribution in [2.24, 2.45) is 0 Å². The summed E-state index contributed by atoms with van der Waals surface area (Å²) in [5.41, 5.74) is 6.99. The molecule has 0 heterocycles. The minimum absolute atomic E-state index is 0.120. The van der Waals surface area contributed by atoms with Crippen LogP contribution in [0.3, 0.4) is 0 Å². The first-order valence-electron chi connectivity index (χ1n) is 6.10. The van der Waals surface area contributed by atoms with Crippen LogP contribution in [0.4, 0.5) is 5.69 Å². The van der Waals surface area contributed by atoms with Crippen molar-refractivity contribution >= 4 is 11.5 Å². The quantitative estimate of drug-likeness (QED) is 0.505. The van der Waals surface area contributed by atoms with Gasteiger partial charge in [0.25, 0.3) is 0 Å². The Bertz CT molecular complexity index is 629. The normalized spacial score (nSPS) is 10.4. The first-order valence-corrected chi connectivity index (χ1v) is 6.10. The fourth-order valence-electron chi connectivity index (χ4n) is 2.01. The zero-order valence-corrected chi connectivity index (χ0v) is 10.7. The fourth-order valence-corrected chi connectivity index (χ4v) is 2.01. The van der Waals surface area contributed by atoms with Crippen molar-refractivity contribution < 1.29 is 20.1 Å². The van der Waals surface area contributed by atoms with E-state index in [0.29, 0.717) is 12.1 Å². The molecule has 0 amide bonds. The lowest BCUT2D eigenvalue weighted by Gasteiger charge is -2.07. The summed E-state index contributed by atoms with van der Waals surface area (Å²) in [6, 6.07) is 9.21. The molecule has 0 aromatic heterocycles. The predicted octanol–water partition coefficient (Wildman–Crippen LogP) is 2.20. The number of aromatic hydroxyl groups is 3. The molecule has 0 radical (unpaired) electrons. The summed E-state index contributed by atoms with van der Waals surface area (Å²) in [5.74, 6) is -1.56. The molecule has 5 N–H and O–H groups in total. The topological polar surface area (TPSA) is 104 Å². The maximum absolute atomic E-state index is 12.0. The molecule has 20 heavy (non-hydrogen) atoms. The van der Waals surface area contributed by atoms with Crippen molar-refractivity contribution in [2.75, 3.05) is 5.73 Å². The van der Waals surface area contributed by atoms with E-state index in [9.17, 15) is 20.1 Å². The summed E-state index contributed by atoms with van der Waals surface area (Å²) >= 11 is 0. The summed E-state index contributed by atoms with van der Waals surface area (Å²) in [4.78, 5) is 12.0. The highest BCUT2D eigenvalue weighted by atomic mass is 16.3. The van der Waals surface area contributed by atoms with E-state index in [4.69, 9.17) is 5.73 Å². The Labute approximate surface area is 115 Å². The van der Waals surface area contributed by atoms with Gasteiger partial charge in [0.15, 0.2) is 5.78 Å². The Morgan fingerprint density at radius 3 is 2.30 bits per heavy atom. The number of carbonyl (C=O) groups excluding carboxylic acids is 1. The number of benzene rings is 2. The number of ketones is 1. The lowest BCUT2D eigenvalue weighted by Crippen LogP contribution is -2.02. The average Bonchev–Trinajstić information content (AvgIpc) is 2.35. The molecule has 0 aliphatic heterocycles. The number of nitrogens with two attached hydrogens (primary N) is 1. The van der Waals surface area contributed by atoms with Gasteiger partial charge in [-0.25, -0.2) is 0 Å². The second-order valence-corrected chi connectivity index (χ2v) is 4.53. The number of rotatable bonds is 4. The van der Waals surface area contributed by atoms with Crippen LogP contribution in [0.1, 0.15) is 22.3 Å². The van der Waals surface area contributed by atoms with Crippen LogP contribution in [-0.2, 0) is 6.42 Å². The Kier molecular flexibility index (Phi) is 3.79. The zero-order chi connectivity index (χ0) is 14.7. The summed E-state index contributed by atoms with van der Waals surface area (Å²) in [7, 11) is 0. The van der Waals surface area contributed by atoms with Gasteiger partial charge in [-0.1, -0.05) is 12.1 Å². The van der Waals surface area contributed by atoms with Crippen LogP contribution in [0.5, 0.6) is 17.2 Å². The number of phenolic OH excluding ortho intramolecular Hbond substituents is 3. The third kappa shape index (κ3) is 3.00. The number of hydrogen-bond acceptors (Lipinski definition) is 5. The monoisotopic (exact) mass is 273 g/mol.